The van der Waals surface area contributed by atoms with Gasteiger partial charge in [0.25, 0.3) is 0 Å². The van der Waals surface area contributed by atoms with Gasteiger partial charge in [0, 0.05) is 19.6 Å². The normalized spacial score (nSPS) is 11.8. The smallest absolute Gasteiger partial charge is 0.0253 e. The van der Waals surface area contributed by atoms with Crippen LogP contribution in [-0.2, 0) is 0 Å². The lowest BCUT2D eigenvalue weighted by atomic mass is 10.0. The van der Waals surface area contributed by atoms with Gasteiger partial charge in [-0.2, -0.15) is 0 Å². The van der Waals surface area contributed by atoms with Crippen molar-refractivity contribution in [2.45, 2.75) is 19.8 Å². The van der Waals surface area contributed by atoms with Crippen LogP contribution in [0.4, 0.5) is 0 Å². The van der Waals surface area contributed by atoms with Crippen molar-refractivity contribution in [3.05, 3.63) is 143 Å². The van der Waals surface area contributed by atoms with Gasteiger partial charge >= 0.3 is 0 Å². The topological polar surface area (TPSA) is 26.0 Å². The number of hydrogen-bond donors (Lipinski definition) is 5. The van der Waals surface area contributed by atoms with E-state index in [0.717, 1.165) is 41.9 Å². The molecule has 4 rings (SSSR count). The summed E-state index contributed by atoms with van der Waals surface area (Å²) in [5.41, 5.74) is 10.2. The minimum Gasteiger partial charge on any atom is -0.333 e. The summed E-state index contributed by atoms with van der Waals surface area (Å²) in [7, 11) is 1.50. The molecule has 4 aromatic carbocycles. The maximum atomic E-state index is 4.64. The van der Waals surface area contributed by atoms with Crippen LogP contribution >= 0.6 is 50.5 Å². The molecule has 0 bridgehead atoms. The molecule has 0 saturated heterocycles. The molecule has 0 aliphatic carbocycles. The van der Waals surface area contributed by atoms with E-state index in [1.165, 1.54) is 12.6 Å². The predicted octanol–water partition coefficient (Wildman–Crippen LogP) is 9.44. The van der Waals surface area contributed by atoms with Crippen molar-refractivity contribution in [1.29, 1.82) is 0 Å². The number of rotatable bonds is 5. The van der Waals surface area contributed by atoms with Gasteiger partial charge in [0.1, 0.15) is 0 Å². The van der Waals surface area contributed by atoms with Crippen molar-refractivity contribution in [3.8, 4) is 0 Å². The van der Waals surface area contributed by atoms with E-state index in [1.54, 1.807) is 0 Å². The van der Waals surface area contributed by atoms with Gasteiger partial charge in [0.15, 0.2) is 0 Å². The molecule has 37 heavy (non-hydrogen) atoms. The van der Waals surface area contributed by atoms with Crippen LogP contribution in [0.15, 0.2) is 115 Å². The second-order valence-electron chi connectivity index (χ2n) is 8.27. The highest BCUT2D eigenvalue weighted by atomic mass is 32.1. The molecule has 0 spiro atoms. The molecule has 1 nitrogen and oxygen atoms in total. The Hall–Kier alpha value is -2.28. The second-order valence-corrected chi connectivity index (χ2v) is 10.1. The van der Waals surface area contributed by atoms with E-state index in [4.69, 9.17) is 0 Å². The fraction of sp³-hybridized carbons (Fsp3) is 0.125. The minimum atomic E-state index is 0.515. The Morgan fingerprint density at radius 3 is 1.08 bits per heavy atom. The fourth-order valence-electron chi connectivity index (χ4n) is 3.38. The highest BCUT2D eigenvalue weighted by Gasteiger charge is 2.07. The molecule has 0 aliphatic rings. The molecule has 0 aliphatic heterocycles. The first-order valence-electron chi connectivity index (χ1n) is 12.0. The zero-order valence-electron chi connectivity index (χ0n) is 21.4. The fourth-order valence-corrected chi connectivity index (χ4v) is 4.48. The number of benzene rings is 4. The molecule has 4 aromatic rings. The highest BCUT2D eigenvalue weighted by Crippen LogP contribution is 2.33. The highest BCUT2D eigenvalue weighted by molar-refractivity contribution is 7.97. The molecular weight excluding hydrogens is 527 g/mol. The Morgan fingerprint density at radius 2 is 0.757 bits per heavy atom. The van der Waals surface area contributed by atoms with Gasteiger partial charge in [-0.05, 0) is 40.8 Å². The predicted molar refractivity (Wildman–Crippen MR) is 180 cm³/mol. The Labute approximate surface area is 244 Å². The van der Waals surface area contributed by atoms with E-state index in [9.17, 15) is 0 Å². The lowest BCUT2D eigenvalue weighted by molar-refractivity contribution is 0.866. The van der Waals surface area contributed by atoms with Crippen molar-refractivity contribution in [2.24, 2.45) is 5.73 Å². The van der Waals surface area contributed by atoms with Crippen LogP contribution in [0.25, 0.3) is 19.6 Å². The van der Waals surface area contributed by atoms with Gasteiger partial charge < -0.3 is 5.73 Å². The summed E-state index contributed by atoms with van der Waals surface area (Å²) in [6.45, 7) is 4.39. The van der Waals surface area contributed by atoms with Gasteiger partial charge in [-0.25, -0.2) is 0 Å². The molecule has 0 heterocycles. The summed E-state index contributed by atoms with van der Waals surface area (Å²) >= 11 is 18.3. The number of nitrogens with two attached hydrogens (primary N) is 1. The van der Waals surface area contributed by atoms with E-state index in [-0.39, 0.29) is 0 Å². The monoisotopic (exact) mass is 561 g/mol. The van der Waals surface area contributed by atoms with Gasteiger partial charge in [0.05, 0.1) is 0 Å². The van der Waals surface area contributed by atoms with Crippen LogP contribution in [0, 0.1) is 0 Å². The molecule has 0 unspecified atom stereocenters. The maximum absolute atomic E-state index is 4.64. The molecule has 2 N–H and O–H groups in total. The third-order valence-electron chi connectivity index (χ3n) is 5.42. The molecular formula is C32H35NS4. The standard InChI is InChI=1S/C17H18S2.C14H12S2.CH5N/c1-12(2)14-9-6-10-15(11-14)17(19)16(18)13-7-4-3-5-8-13;15-13(11-7-3-1-4-8-11)14(16)12-9-5-2-6-10-12;1-2/h3-12,18-19H,1-2H3;1-10,15-16H;2H2,1H3/b17-16-;14-13-;. The first-order valence-corrected chi connectivity index (χ1v) is 13.8. The van der Waals surface area contributed by atoms with Crippen LogP contribution in [-0.4, -0.2) is 7.05 Å². The largest absolute Gasteiger partial charge is 0.333 e. The quantitative estimate of drug-likeness (QED) is 0.122. The van der Waals surface area contributed by atoms with E-state index in [2.05, 4.69) is 94.4 Å². The zero-order chi connectivity index (χ0) is 27.2. The van der Waals surface area contributed by atoms with Crippen molar-refractivity contribution in [2.75, 3.05) is 7.05 Å². The molecule has 0 aromatic heterocycles. The van der Waals surface area contributed by atoms with Crippen LogP contribution < -0.4 is 5.73 Å². The Kier molecular flexibility index (Phi) is 13.8. The first-order chi connectivity index (χ1) is 17.9. The SMILES string of the molecule is CC(C)c1cccc(/C(S)=C(/S)c2ccccc2)c1.CN.S/C(=C(\S)c1ccccc1)c1ccccc1. The molecule has 0 radical (unpaired) electrons. The Bertz CT molecular complexity index is 1230. The maximum Gasteiger partial charge on any atom is 0.0253 e. The van der Waals surface area contributed by atoms with Crippen LogP contribution in [0.1, 0.15) is 47.6 Å². The lowest BCUT2D eigenvalue weighted by Crippen LogP contribution is -1.89. The van der Waals surface area contributed by atoms with E-state index >= 15 is 0 Å². The average molecular weight is 562 g/mol. The third-order valence-corrected chi connectivity index (χ3v) is 7.70. The first kappa shape index (κ1) is 30.9. The molecule has 0 saturated carbocycles. The van der Waals surface area contributed by atoms with Gasteiger partial charge in [0.2, 0.25) is 0 Å². The second kappa shape index (κ2) is 16.5. The summed E-state index contributed by atoms with van der Waals surface area (Å²) in [4.78, 5) is 3.62. The summed E-state index contributed by atoms with van der Waals surface area (Å²) in [6.07, 6.45) is 0. The van der Waals surface area contributed by atoms with Crippen molar-refractivity contribution < 1.29 is 0 Å². The van der Waals surface area contributed by atoms with Crippen molar-refractivity contribution >= 4 is 70.1 Å². The van der Waals surface area contributed by atoms with Crippen LogP contribution in [0.2, 0.25) is 0 Å². The molecule has 5 heteroatoms. The van der Waals surface area contributed by atoms with Gasteiger partial charge in [-0.3, -0.25) is 0 Å². The number of thiol groups is 4. The van der Waals surface area contributed by atoms with Gasteiger partial charge in [-0.15, -0.1) is 50.5 Å². The van der Waals surface area contributed by atoms with Crippen LogP contribution in [0.5, 0.6) is 0 Å². The number of hydrogen-bond acceptors (Lipinski definition) is 5. The third kappa shape index (κ3) is 9.51. The molecule has 0 fully saturated rings. The zero-order valence-corrected chi connectivity index (χ0v) is 25.0. The van der Waals surface area contributed by atoms with E-state index in [1.807, 2.05) is 91.0 Å². The summed E-state index contributed by atoms with van der Waals surface area (Å²) < 4.78 is 0. The lowest BCUT2D eigenvalue weighted by Gasteiger charge is -2.10. The molecule has 0 amide bonds. The Balaban J connectivity index is 0.000000247. The summed E-state index contributed by atoms with van der Waals surface area (Å²) in [6, 6.07) is 38.7. The summed E-state index contributed by atoms with van der Waals surface area (Å²) in [5, 5.41) is 0. The van der Waals surface area contributed by atoms with E-state index in [0.29, 0.717) is 5.92 Å². The molecule has 192 valence electrons. The van der Waals surface area contributed by atoms with Crippen molar-refractivity contribution in [3.63, 3.8) is 0 Å². The average Bonchev–Trinajstić information content (AvgIpc) is 2.98. The van der Waals surface area contributed by atoms with Crippen LogP contribution in [0.3, 0.4) is 0 Å². The Morgan fingerprint density at radius 1 is 0.459 bits per heavy atom. The van der Waals surface area contributed by atoms with Crippen molar-refractivity contribution in [1.82, 2.24) is 0 Å². The van der Waals surface area contributed by atoms with Gasteiger partial charge in [-0.1, -0.05) is 129 Å². The molecule has 0 atom stereocenters. The summed E-state index contributed by atoms with van der Waals surface area (Å²) in [5.74, 6) is 0.515. The minimum absolute atomic E-state index is 0.515. The van der Waals surface area contributed by atoms with E-state index < -0.39 is 0 Å².